The Morgan fingerprint density at radius 1 is 1.00 bits per heavy atom. The van der Waals surface area contributed by atoms with Gasteiger partial charge in [-0.25, -0.2) is 0 Å². The average Bonchev–Trinajstić information content (AvgIpc) is 2.40. The Balaban J connectivity index is 2.03. The molecule has 0 aliphatic heterocycles. The number of anilines is 1. The fraction of sp³-hybridized carbons (Fsp3) is 0.143. The van der Waals surface area contributed by atoms with E-state index in [0.29, 0.717) is 16.1 Å². The van der Waals surface area contributed by atoms with Gasteiger partial charge in [0.05, 0.1) is 16.6 Å². The van der Waals surface area contributed by atoms with Crippen molar-refractivity contribution in [2.45, 2.75) is 17.0 Å². The van der Waals surface area contributed by atoms with Crippen LogP contribution in [0.25, 0.3) is 0 Å². The molecule has 0 saturated heterocycles. The minimum atomic E-state index is -4.71. The van der Waals surface area contributed by atoms with Crippen molar-refractivity contribution < 1.29 is 22.1 Å². The maximum Gasteiger partial charge on any atom is 0.573 e. The number of benzene rings is 2. The Bertz CT molecular complexity index is 624. The number of alkyl halides is 3. The molecule has 0 aromatic heterocycles. The monoisotopic (exact) mass is 315 g/mol. The molecule has 7 heteroatoms. The van der Waals surface area contributed by atoms with Crippen LogP contribution in [0.4, 0.5) is 18.9 Å². The van der Waals surface area contributed by atoms with E-state index in [2.05, 4.69) is 4.74 Å². The van der Waals surface area contributed by atoms with Gasteiger partial charge in [-0.05, 0) is 42.0 Å². The van der Waals surface area contributed by atoms with Crippen molar-refractivity contribution in [3.63, 3.8) is 0 Å². The summed E-state index contributed by atoms with van der Waals surface area (Å²) in [6.07, 6.45) is -4.71. The van der Waals surface area contributed by atoms with Crippen LogP contribution in [0.15, 0.2) is 53.4 Å². The SMILES string of the molecule is Nc1ccc(S(=O)Cc2ccc(OC(F)(F)F)cc2)cc1. The lowest BCUT2D eigenvalue weighted by Crippen LogP contribution is -2.17. The first kappa shape index (κ1) is 15.4. The number of nitrogens with two attached hydrogens (primary N) is 1. The Hall–Kier alpha value is -2.02. The van der Waals surface area contributed by atoms with Gasteiger partial charge in [-0.15, -0.1) is 13.2 Å². The Morgan fingerprint density at radius 2 is 1.57 bits per heavy atom. The summed E-state index contributed by atoms with van der Waals surface area (Å²) in [5.74, 6) is -0.0968. The van der Waals surface area contributed by atoms with Gasteiger partial charge in [0, 0.05) is 10.6 Å². The number of halogens is 3. The lowest BCUT2D eigenvalue weighted by Gasteiger charge is -2.09. The second kappa shape index (κ2) is 6.17. The minimum Gasteiger partial charge on any atom is -0.406 e. The molecule has 1 atom stereocenters. The van der Waals surface area contributed by atoms with E-state index in [4.69, 9.17) is 5.73 Å². The molecule has 2 rings (SSSR count). The first-order chi connectivity index (χ1) is 9.83. The smallest absolute Gasteiger partial charge is 0.406 e. The third-order valence-electron chi connectivity index (χ3n) is 2.60. The lowest BCUT2D eigenvalue weighted by molar-refractivity contribution is -0.274. The quantitative estimate of drug-likeness (QED) is 0.879. The number of ether oxygens (including phenoxy) is 1. The summed E-state index contributed by atoms with van der Waals surface area (Å²) >= 11 is 0. The molecular weight excluding hydrogens is 303 g/mol. The second-order valence-electron chi connectivity index (χ2n) is 4.25. The lowest BCUT2D eigenvalue weighted by atomic mass is 10.2. The zero-order chi connectivity index (χ0) is 15.5. The molecule has 2 N–H and O–H groups in total. The summed E-state index contributed by atoms with van der Waals surface area (Å²) < 4.78 is 51.9. The summed E-state index contributed by atoms with van der Waals surface area (Å²) in [6.45, 7) is 0. The highest BCUT2D eigenvalue weighted by molar-refractivity contribution is 7.84. The fourth-order valence-corrected chi connectivity index (χ4v) is 2.74. The fourth-order valence-electron chi connectivity index (χ4n) is 1.64. The Labute approximate surface area is 122 Å². The van der Waals surface area contributed by atoms with Crippen LogP contribution in [0, 0.1) is 0 Å². The van der Waals surface area contributed by atoms with Crippen LogP contribution in [0.1, 0.15) is 5.56 Å². The highest BCUT2D eigenvalue weighted by Crippen LogP contribution is 2.23. The average molecular weight is 315 g/mol. The third-order valence-corrected chi connectivity index (χ3v) is 3.99. The molecule has 0 aliphatic rings. The van der Waals surface area contributed by atoms with Crippen LogP contribution in [-0.2, 0) is 16.6 Å². The predicted molar refractivity (Wildman–Crippen MR) is 74.1 cm³/mol. The first-order valence-corrected chi connectivity index (χ1v) is 7.24. The summed E-state index contributed by atoms with van der Waals surface area (Å²) in [5, 5.41) is 0. The maximum atomic E-state index is 12.1. The van der Waals surface area contributed by atoms with Crippen LogP contribution < -0.4 is 10.5 Å². The van der Waals surface area contributed by atoms with E-state index in [-0.39, 0.29) is 11.5 Å². The topological polar surface area (TPSA) is 52.3 Å². The minimum absolute atomic E-state index is 0.205. The van der Waals surface area contributed by atoms with Gasteiger partial charge in [-0.2, -0.15) is 0 Å². The zero-order valence-corrected chi connectivity index (χ0v) is 11.6. The van der Waals surface area contributed by atoms with Crippen LogP contribution in [-0.4, -0.2) is 10.6 Å². The Morgan fingerprint density at radius 3 is 2.10 bits per heavy atom. The summed E-state index contributed by atoms with van der Waals surface area (Å²) in [4.78, 5) is 0.611. The standard InChI is InChI=1S/C14H12F3NO2S/c15-14(16,17)20-12-5-1-10(2-6-12)9-21(19)13-7-3-11(18)4-8-13/h1-8H,9,18H2. The van der Waals surface area contributed by atoms with Crippen molar-refractivity contribution in [2.24, 2.45) is 0 Å². The van der Waals surface area contributed by atoms with E-state index in [0.717, 1.165) is 0 Å². The van der Waals surface area contributed by atoms with Gasteiger partial charge >= 0.3 is 6.36 Å². The van der Waals surface area contributed by atoms with Gasteiger partial charge in [0.1, 0.15) is 5.75 Å². The highest BCUT2D eigenvalue weighted by Gasteiger charge is 2.30. The van der Waals surface area contributed by atoms with Gasteiger partial charge in [0.15, 0.2) is 0 Å². The molecule has 0 heterocycles. The summed E-state index contributed by atoms with van der Waals surface area (Å²) in [5.41, 5.74) is 6.77. The van der Waals surface area contributed by atoms with E-state index >= 15 is 0 Å². The number of rotatable bonds is 4. The van der Waals surface area contributed by atoms with Crippen molar-refractivity contribution in [1.82, 2.24) is 0 Å². The van der Waals surface area contributed by atoms with Crippen molar-refractivity contribution in [3.05, 3.63) is 54.1 Å². The highest BCUT2D eigenvalue weighted by atomic mass is 32.2. The maximum absolute atomic E-state index is 12.1. The molecule has 2 aromatic carbocycles. The molecule has 0 bridgehead atoms. The molecule has 0 amide bonds. The second-order valence-corrected chi connectivity index (χ2v) is 5.70. The largest absolute Gasteiger partial charge is 0.573 e. The molecular formula is C14H12F3NO2S. The van der Waals surface area contributed by atoms with Gasteiger partial charge in [-0.3, -0.25) is 4.21 Å². The first-order valence-electron chi connectivity index (χ1n) is 5.92. The van der Waals surface area contributed by atoms with Gasteiger partial charge in [-0.1, -0.05) is 12.1 Å². The number of hydrogen-bond acceptors (Lipinski definition) is 3. The van der Waals surface area contributed by atoms with E-state index in [1.807, 2.05) is 0 Å². The van der Waals surface area contributed by atoms with Gasteiger partial charge in [0.25, 0.3) is 0 Å². The number of hydrogen-bond donors (Lipinski definition) is 1. The van der Waals surface area contributed by atoms with E-state index < -0.39 is 17.2 Å². The van der Waals surface area contributed by atoms with Gasteiger partial charge in [0.2, 0.25) is 0 Å². The van der Waals surface area contributed by atoms with Crippen molar-refractivity contribution >= 4 is 16.5 Å². The molecule has 0 radical (unpaired) electrons. The van der Waals surface area contributed by atoms with E-state index in [1.54, 1.807) is 24.3 Å². The third kappa shape index (κ3) is 4.78. The van der Waals surface area contributed by atoms with Gasteiger partial charge < -0.3 is 10.5 Å². The van der Waals surface area contributed by atoms with Crippen molar-refractivity contribution in [3.8, 4) is 5.75 Å². The summed E-state index contributed by atoms with van der Waals surface area (Å²) in [6, 6.07) is 11.9. The molecule has 112 valence electrons. The number of nitrogen functional groups attached to an aromatic ring is 1. The van der Waals surface area contributed by atoms with E-state index in [9.17, 15) is 17.4 Å². The molecule has 2 aromatic rings. The molecule has 0 aliphatic carbocycles. The normalized spacial score (nSPS) is 12.9. The van der Waals surface area contributed by atoms with Crippen LogP contribution in [0.3, 0.4) is 0 Å². The molecule has 1 unspecified atom stereocenters. The van der Waals surface area contributed by atoms with Crippen LogP contribution in [0.2, 0.25) is 0 Å². The van der Waals surface area contributed by atoms with Crippen molar-refractivity contribution in [2.75, 3.05) is 5.73 Å². The predicted octanol–water partition coefficient (Wildman–Crippen LogP) is 3.48. The molecule has 21 heavy (non-hydrogen) atoms. The van der Waals surface area contributed by atoms with E-state index in [1.165, 1.54) is 24.3 Å². The van der Waals surface area contributed by atoms with Crippen LogP contribution >= 0.6 is 0 Å². The summed E-state index contributed by atoms with van der Waals surface area (Å²) in [7, 11) is -1.29. The molecule has 0 saturated carbocycles. The molecule has 3 nitrogen and oxygen atoms in total. The Kier molecular flexibility index (Phi) is 4.52. The molecule has 0 fully saturated rings. The van der Waals surface area contributed by atoms with Crippen molar-refractivity contribution in [1.29, 1.82) is 0 Å². The van der Waals surface area contributed by atoms with Crippen LogP contribution in [0.5, 0.6) is 5.75 Å². The zero-order valence-electron chi connectivity index (χ0n) is 10.8. The molecule has 0 spiro atoms.